The van der Waals surface area contributed by atoms with Crippen molar-refractivity contribution in [2.45, 2.75) is 44.4 Å². The van der Waals surface area contributed by atoms with E-state index < -0.39 is 0 Å². The first-order chi connectivity index (χ1) is 11.5. The molecule has 0 bridgehead atoms. The maximum Gasteiger partial charge on any atom is 0.220 e. The Morgan fingerprint density at radius 3 is 2.50 bits per heavy atom. The first kappa shape index (κ1) is 17.3. The molecule has 0 unspecified atom stereocenters. The Morgan fingerprint density at radius 2 is 1.92 bits per heavy atom. The average molecular weight is 349 g/mol. The van der Waals surface area contributed by atoms with Crippen molar-refractivity contribution in [1.29, 1.82) is 0 Å². The molecule has 2 fully saturated rings. The predicted molar refractivity (Wildman–Crippen MR) is 95.0 cm³/mol. The molecule has 2 amide bonds. The molecule has 1 N–H and O–H groups in total. The minimum absolute atomic E-state index is 0.0337. The van der Waals surface area contributed by atoms with Gasteiger partial charge in [-0.25, -0.2) is 0 Å². The molecule has 4 nitrogen and oxygen atoms in total. The molecule has 0 spiro atoms. The minimum Gasteiger partial charge on any atom is -0.355 e. The molecule has 1 saturated heterocycles. The number of nitrogens with one attached hydrogen (secondary N) is 1. The number of rotatable bonds is 5. The van der Waals surface area contributed by atoms with E-state index in [0.29, 0.717) is 18.9 Å². The molecule has 1 aromatic rings. The molecule has 1 aliphatic heterocycles. The third-order valence-corrected chi connectivity index (χ3v) is 5.79. The van der Waals surface area contributed by atoms with E-state index in [-0.39, 0.29) is 17.2 Å². The molecule has 24 heavy (non-hydrogen) atoms. The Morgan fingerprint density at radius 1 is 1.25 bits per heavy atom. The van der Waals surface area contributed by atoms with E-state index in [1.54, 1.807) is 6.92 Å². The number of piperidine rings is 1. The van der Waals surface area contributed by atoms with Crippen LogP contribution in [0.15, 0.2) is 24.3 Å². The highest BCUT2D eigenvalue weighted by molar-refractivity contribution is 6.31. The second kappa shape index (κ2) is 7.14. The highest BCUT2D eigenvalue weighted by Gasteiger charge is 2.45. The minimum atomic E-state index is 0.0337. The van der Waals surface area contributed by atoms with Crippen molar-refractivity contribution in [1.82, 2.24) is 10.2 Å². The highest BCUT2D eigenvalue weighted by Crippen LogP contribution is 2.49. The van der Waals surface area contributed by atoms with Gasteiger partial charge in [-0.15, -0.1) is 0 Å². The summed E-state index contributed by atoms with van der Waals surface area (Å²) in [6, 6.07) is 7.93. The second-order valence-corrected chi connectivity index (χ2v) is 7.60. The molecule has 5 heteroatoms. The van der Waals surface area contributed by atoms with Gasteiger partial charge >= 0.3 is 0 Å². The second-order valence-electron chi connectivity index (χ2n) is 7.19. The maximum absolute atomic E-state index is 12.3. The Hall–Kier alpha value is -1.55. The van der Waals surface area contributed by atoms with E-state index in [4.69, 9.17) is 11.6 Å². The lowest BCUT2D eigenvalue weighted by Crippen LogP contribution is -2.39. The van der Waals surface area contributed by atoms with Crippen molar-refractivity contribution < 1.29 is 9.59 Å². The maximum atomic E-state index is 12.3. The SMILES string of the molecule is CC(=O)N1CCC(CC(=O)NCC2(c3ccccc3Cl)CC2)CC1. The summed E-state index contributed by atoms with van der Waals surface area (Å²) in [5.74, 6) is 0.638. The van der Waals surface area contributed by atoms with Crippen LogP contribution >= 0.6 is 11.6 Å². The van der Waals surface area contributed by atoms with Crippen molar-refractivity contribution in [3.63, 3.8) is 0 Å². The Bertz CT molecular complexity index is 620. The first-order valence-corrected chi connectivity index (χ1v) is 9.15. The van der Waals surface area contributed by atoms with E-state index >= 15 is 0 Å². The molecule has 3 rings (SSSR count). The molecule has 2 aliphatic rings. The number of halogens is 1. The van der Waals surface area contributed by atoms with E-state index in [1.165, 1.54) is 0 Å². The van der Waals surface area contributed by atoms with Gasteiger partial charge in [0.25, 0.3) is 0 Å². The van der Waals surface area contributed by atoms with Gasteiger partial charge in [0.2, 0.25) is 11.8 Å². The van der Waals surface area contributed by atoms with Crippen LogP contribution in [-0.2, 0) is 15.0 Å². The number of benzene rings is 1. The van der Waals surface area contributed by atoms with Gasteiger partial charge in [-0.3, -0.25) is 9.59 Å². The Labute approximate surface area is 148 Å². The average Bonchev–Trinajstić information content (AvgIpc) is 3.35. The van der Waals surface area contributed by atoms with Crippen LogP contribution in [0, 0.1) is 5.92 Å². The summed E-state index contributed by atoms with van der Waals surface area (Å²) < 4.78 is 0. The third kappa shape index (κ3) is 3.92. The van der Waals surface area contributed by atoms with Crippen LogP contribution in [0.3, 0.4) is 0 Å². The molecule has 0 atom stereocenters. The lowest BCUT2D eigenvalue weighted by Gasteiger charge is -2.31. The summed E-state index contributed by atoms with van der Waals surface area (Å²) in [4.78, 5) is 25.5. The van der Waals surface area contributed by atoms with Crippen LogP contribution in [-0.4, -0.2) is 36.3 Å². The largest absolute Gasteiger partial charge is 0.355 e. The fourth-order valence-corrected chi connectivity index (χ4v) is 3.97. The molecule has 1 aromatic carbocycles. The van der Waals surface area contributed by atoms with Crippen LogP contribution in [0.2, 0.25) is 5.02 Å². The first-order valence-electron chi connectivity index (χ1n) is 8.77. The van der Waals surface area contributed by atoms with Gasteiger partial charge in [-0.1, -0.05) is 29.8 Å². The third-order valence-electron chi connectivity index (χ3n) is 5.46. The summed E-state index contributed by atoms with van der Waals surface area (Å²) >= 11 is 6.31. The van der Waals surface area contributed by atoms with Gasteiger partial charge < -0.3 is 10.2 Å². The fourth-order valence-electron chi connectivity index (χ4n) is 3.64. The monoisotopic (exact) mass is 348 g/mol. The van der Waals surface area contributed by atoms with Gasteiger partial charge in [-0.2, -0.15) is 0 Å². The molecule has 130 valence electrons. The number of carbonyl (C=O) groups excluding carboxylic acids is 2. The summed E-state index contributed by atoms with van der Waals surface area (Å²) in [5, 5.41) is 3.91. The lowest BCUT2D eigenvalue weighted by atomic mass is 9.92. The fraction of sp³-hybridized carbons (Fsp3) is 0.579. The number of hydrogen-bond acceptors (Lipinski definition) is 2. The zero-order valence-electron chi connectivity index (χ0n) is 14.2. The highest BCUT2D eigenvalue weighted by atomic mass is 35.5. The van der Waals surface area contributed by atoms with Gasteiger partial charge in [0.05, 0.1) is 0 Å². The number of likely N-dealkylation sites (tertiary alicyclic amines) is 1. The normalized spacial score (nSPS) is 19.8. The quantitative estimate of drug-likeness (QED) is 0.888. The van der Waals surface area contributed by atoms with Crippen LogP contribution in [0.25, 0.3) is 0 Å². The smallest absolute Gasteiger partial charge is 0.220 e. The van der Waals surface area contributed by atoms with Gasteiger partial charge in [0, 0.05) is 43.4 Å². The molecular formula is C19H25ClN2O2. The topological polar surface area (TPSA) is 49.4 Å². The van der Waals surface area contributed by atoms with E-state index in [1.807, 2.05) is 23.1 Å². The van der Waals surface area contributed by atoms with Crippen molar-refractivity contribution >= 4 is 23.4 Å². The van der Waals surface area contributed by atoms with Crippen LogP contribution in [0.4, 0.5) is 0 Å². The van der Waals surface area contributed by atoms with E-state index in [0.717, 1.165) is 49.4 Å². The van der Waals surface area contributed by atoms with Gasteiger partial charge in [0.15, 0.2) is 0 Å². The van der Waals surface area contributed by atoms with Crippen molar-refractivity contribution in [3.8, 4) is 0 Å². The Kier molecular flexibility index (Phi) is 5.14. The van der Waals surface area contributed by atoms with E-state index in [2.05, 4.69) is 11.4 Å². The predicted octanol–water partition coefficient (Wildman–Crippen LogP) is 3.14. The van der Waals surface area contributed by atoms with Crippen LogP contribution in [0.5, 0.6) is 0 Å². The number of nitrogens with zero attached hydrogens (tertiary/aromatic N) is 1. The molecule has 1 saturated carbocycles. The van der Waals surface area contributed by atoms with Gasteiger partial charge in [-0.05, 0) is 43.2 Å². The molecule has 0 radical (unpaired) electrons. The summed E-state index contributed by atoms with van der Waals surface area (Å²) in [6.07, 6.45) is 4.55. The zero-order valence-corrected chi connectivity index (χ0v) is 14.9. The summed E-state index contributed by atoms with van der Waals surface area (Å²) in [7, 11) is 0. The van der Waals surface area contributed by atoms with Crippen molar-refractivity contribution in [3.05, 3.63) is 34.9 Å². The standard InChI is InChI=1S/C19H25ClN2O2/c1-14(23)22-10-6-15(7-11-22)12-18(24)21-13-19(8-9-19)16-4-2-3-5-17(16)20/h2-5,15H,6-13H2,1H3,(H,21,24). The van der Waals surface area contributed by atoms with Crippen LogP contribution in [0.1, 0.15) is 44.6 Å². The molecule has 0 aromatic heterocycles. The molecule has 1 heterocycles. The number of amides is 2. The van der Waals surface area contributed by atoms with Gasteiger partial charge in [0.1, 0.15) is 0 Å². The summed E-state index contributed by atoms with van der Waals surface area (Å²) in [5.41, 5.74) is 1.19. The van der Waals surface area contributed by atoms with Crippen molar-refractivity contribution in [2.24, 2.45) is 5.92 Å². The van der Waals surface area contributed by atoms with E-state index in [9.17, 15) is 9.59 Å². The zero-order chi connectivity index (χ0) is 17.2. The number of hydrogen-bond donors (Lipinski definition) is 1. The Balaban J connectivity index is 1.47. The van der Waals surface area contributed by atoms with Crippen molar-refractivity contribution in [2.75, 3.05) is 19.6 Å². The summed E-state index contributed by atoms with van der Waals surface area (Å²) in [6.45, 7) is 3.83. The molecule has 1 aliphatic carbocycles. The number of carbonyl (C=O) groups is 2. The lowest BCUT2D eigenvalue weighted by molar-refractivity contribution is -0.130. The molecular weight excluding hydrogens is 324 g/mol. The van der Waals surface area contributed by atoms with Crippen LogP contribution < -0.4 is 5.32 Å².